The van der Waals surface area contributed by atoms with Crippen molar-refractivity contribution < 1.29 is 4.52 Å². The number of halogens is 1. The minimum Gasteiger partial charge on any atom is -0.361 e. The fourth-order valence-corrected chi connectivity index (χ4v) is 2.78. The van der Waals surface area contributed by atoms with E-state index in [-0.39, 0.29) is 0 Å². The van der Waals surface area contributed by atoms with Crippen LogP contribution >= 0.6 is 22.9 Å². The summed E-state index contributed by atoms with van der Waals surface area (Å²) in [5.41, 5.74) is 1.81. The Morgan fingerprint density at radius 3 is 3.06 bits per heavy atom. The normalized spacial score (nSPS) is 11.0. The average Bonchev–Trinajstić information content (AvgIpc) is 2.92. The number of hydrogen-bond donors (Lipinski definition) is 1. The van der Waals surface area contributed by atoms with Crippen molar-refractivity contribution in [1.29, 1.82) is 0 Å². The number of aromatic nitrogens is 2. The van der Waals surface area contributed by atoms with E-state index >= 15 is 0 Å². The van der Waals surface area contributed by atoms with Gasteiger partial charge in [0.05, 0.1) is 16.8 Å². The number of anilines is 1. The number of benzene rings is 1. The monoisotopic (exact) mass is 279 g/mol. The van der Waals surface area contributed by atoms with Crippen molar-refractivity contribution in [3.63, 3.8) is 0 Å². The predicted molar refractivity (Wildman–Crippen MR) is 73.2 cm³/mol. The van der Waals surface area contributed by atoms with Crippen LogP contribution in [0.1, 0.15) is 11.5 Å². The molecule has 0 saturated carbocycles. The lowest BCUT2D eigenvalue weighted by atomic mass is 10.3. The highest BCUT2D eigenvalue weighted by Crippen LogP contribution is 2.28. The molecule has 0 aliphatic carbocycles. The molecule has 0 amide bonds. The Labute approximate surface area is 113 Å². The van der Waals surface area contributed by atoms with Gasteiger partial charge in [0.1, 0.15) is 11.5 Å². The molecule has 6 heteroatoms. The van der Waals surface area contributed by atoms with Gasteiger partial charge in [0, 0.05) is 11.1 Å². The first-order valence-corrected chi connectivity index (χ1v) is 6.62. The SMILES string of the molecule is Cc1cc(CNc2nc3ccc(Cl)cc3s2)no1. The molecule has 1 aromatic carbocycles. The topological polar surface area (TPSA) is 51.0 Å². The van der Waals surface area contributed by atoms with E-state index in [9.17, 15) is 0 Å². The Bertz CT molecular complexity index is 692. The van der Waals surface area contributed by atoms with Crippen molar-refractivity contribution in [2.75, 3.05) is 5.32 Å². The van der Waals surface area contributed by atoms with Gasteiger partial charge < -0.3 is 9.84 Å². The molecule has 0 aliphatic rings. The number of rotatable bonds is 3. The molecule has 0 spiro atoms. The quantitative estimate of drug-likeness (QED) is 0.791. The maximum absolute atomic E-state index is 5.94. The van der Waals surface area contributed by atoms with E-state index in [1.807, 2.05) is 31.2 Å². The largest absolute Gasteiger partial charge is 0.361 e. The molecular formula is C12H10ClN3OS. The second kappa shape index (κ2) is 4.59. The minimum absolute atomic E-state index is 0.602. The van der Waals surface area contributed by atoms with Gasteiger partial charge >= 0.3 is 0 Å². The van der Waals surface area contributed by atoms with Crippen LogP contribution in [0.4, 0.5) is 5.13 Å². The van der Waals surface area contributed by atoms with E-state index < -0.39 is 0 Å². The number of nitrogens with one attached hydrogen (secondary N) is 1. The lowest BCUT2D eigenvalue weighted by Gasteiger charge is -1.96. The molecule has 2 aromatic heterocycles. The molecule has 2 heterocycles. The molecule has 0 bridgehead atoms. The Balaban J connectivity index is 1.78. The number of nitrogens with zero attached hydrogens (tertiary/aromatic N) is 2. The van der Waals surface area contributed by atoms with Crippen LogP contribution in [-0.2, 0) is 6.54 Å². The van der Waals surface area contributed by atoms with E-state index in [4.69, 9.17) is 16.1 Å². The van der Waals surface area contributed by atoms with Crippen molar-refractivity contribution in [2.45, 2.75) is 13.5 Å². The molecule has 0 fully saturated rings. The van der Waals surface area contributed by atoms with E-state index in [0.717, 1.165) is 31.8 Å². The van der Waals surface area contributed by atoms with Crippen molar-refractivity contribution >= 4 is 38.3 Å². The summed E-state index contributed by atoms with van der Waals surface area (Å²) in [7, 11) is 0. The molecule has 0 saturated heterocycles. The zero-order valence-electron chi connectivity index (χ0n) is 9.61. The second-order valence-corrected chi connectivity index (χ2v) is 5.38. The van der Waals surface area contributed by atoms with E-state index in [2.05, 4.69) is 15.5 Å². The summed E-state index contributed by atoms with van der Waals surface area (Å²) in [5.74, 6) is 0.808. The summed E-state index contributed by atoms with van der Waals surface area (Å²) in [6, 6.07) is 7.57. The van der Waals surface area contributed by atoms with Gasteiger partial charge in [-0.25, -0.2) is 4.98 Å². The number of fused-ring (bicyclic) bond motifs is 1. The van der Waals surface area contributed by atoms with Crippen LogP contribution in [-0.4, -0.2) is 10.1 Å². The highest BCUT2D eigenvalue weighted by Gasteiger charge is 2.05. The Morgan fingerprint density at radius 1 is 1.39 bits per heavy atom. The zero-order valence-corrected chi connectivity index (χ0v) is 11.2. The van der Waals surface area contributed by atoms with Crippen molar-refractivity contribution in [3.8, 4) is 0 Å². The first kappa shape index (κ1) is 11.5. The summed E-state index contributed by atoms with van der Waals surface area (Å²) in [6.45, 7) is 2.47. The van der Waals surface area contributed by atoms with Gasteiger partial charge in [-0.05, 0) is 25.1 Å². The maximum Gasteiger partial charge on any atom is 0.184 e. The molecule has 3 aromatic rings. The summed E-state index contributed by atoms with van der Waals surface area (Å²) in [4.78, 5) is 4.47. The summed E-state index contributed by atoms with van der Waals surface area (Å²) in [5, 5.41) is 8.72. The van der Waals surface area contributed by atoms with E-state index in [1.165, 1.54) is 0 Å². The molecule has 92 valence electrons. The molecule has 0 aliphatic heterocycles. The molecule has 0 unspecified atom stereocenters. The van der Waals surface area contributed by atoms with Crippen molar-refractivity contribution in [2.24, 2.45) is 0 Å². The highest BCUT2D eigenvalue weighted by molar-refractivity contribution is 7.22. The van der Waals surface area contributed by atoms with E-state index in [1.54, 1.807) is 11.3 Å². The van der Waals surface area contributed by atoms with Crippen LogP contribution in [0.3, 0.4) is 0 Å². The zero-order chi connectivity index (χ0) is 12.5. The van der Waals surface area contributed by atoms with Gasteiger partial charge in [0.25, 0.3) is 0 Å². The Kier molecular flexibility index (Phi) is 2.93. The van der Waals surface area contributed by atoms with Crippen LogP contribution in [0, 0.1) is 6.92 Å². The van der Waals surface area contributed by atoms with Crippen molar-refractivity contribution in [1.82, 2.24) is 10.1 Å². The lowest BCUT2D eigenvalue weighted by molar-refractivity contribution is 0.391. The van der Waals surface area contributed by atoms with Crippen LogP contribution < -0.4 is 5.32 Å². The summed E-state index contributed by atoms with van der Waals surface area (Å²) < 4.78 is 6.07. The third kappa shape index (κ3) is 2.32. The number of aryl methyl sites for hydroxylation is 1. The smallest absolute Gasteiger partial charge is 0.184 e. The van der Waals surface area contributed by atoms with E-state index in [0.29, 0.717) is 6.54 Å². The summed E-state index contributed by atoms with van der Waals surface area (Å²) >= 11 is 7.51. The van der Waals surface area contributed by atoms with Gasteiger partial charge in [0.2, 0.25) is 0 Å². The summed E-state index contributed by atoms with van der Waals surface area (Å²) in [6.07, 6.45) is 0. The molecule has 18 heavy (non-hydrogen) atoms. The van der Waals surface area contributed by atoms with Gasteiger partial charge in [-0.1, -0.05) is 28.1 Å². The van der Waals surface area contributed by atoms with Gasteiger partial charge in [0.15, 0.2) is 5.13 Å². The minimum atomic E-state index is 0.602. The van der Waals surface area contributed by atoms with Crippen LogP contribution in [0.2, 0.25) is 5.02 Å². The Hall–Kier alpha value is -1.59. The second-order valence-electron chi connectivity index (χ2n) is 3.91. The molecule has 0 atom stereocenters. The third-order valence-electron chi connectivity index (χ3n) is 2.45. The highest BCUT2D eigenvalue weighted by atomic mass is 35.5. The number of hydrogen-bond acceptors (Lipinski definition) is 5. The van der Waals surface area contributed by atoms with Gasteiger partial charge in [-0.15, -0.1) is 0 Å². The standard InChI is InChI=1S/C12H10ClN3OS/c1-7-4-9(16-17-7)6-14-12-15-10-3-2-8(13)5-11(10)18-12/h2-5H,6H2,1H3,(H,14,15). The molecule has 1 N–H and O–H groups in total. The van der Waals surface area contributed by atoms with Crippen molar-refractivity contribution in [3.05, 3.63) is 40.7 Å². The molecule has 0 radical (unpaired) electrons. The van der Waals surface area contributed by atoms with Crippen LogP contribution in [0.15, 0.2) is 28.8 Å². The lowest BCUT2D eigenvalue weighted by Crippen LogP contribution is -1.98. The first-order valence-electron chi connectivity index (χ1n) is 5.43. The first-order chi connectivity index (χ1) is 8.70. The van der Waals surface area contributed by atoms with Crippen LogP contribution in [0.5, 0.6) is 0 Å². The fourth-order valence-electron chi connectivity index (χ4n) is 1.64. The predicted octanol–water partition coefficient (Wildman–Crippen LogP) is 3.86. The van der Waals surface area contributed by atoms with Gasteiger partial charge in [-0.3, -0.25) is 0 Å². The maximum atomic E-state index is 5.94. The molecule has 4 nitrogen and oxygen atoms in total. The number of thiazole rings is 1. The molecule has 3 rings (SSSR count). The average molecular weight is 280 g/mol. The third-order valence-corrected chi connectivity index (χ3v) is 3.66. The van der Waals surface area contributed by atoms with Crippen LogP contribution in [0.25, 0.3) is 10.2 Å². The Morgan fingerprint density at radius 2 is 2.28 bits per heavy atom. The molecular weight excluding hydrogens is 270 g/mol. The fraction of sp³-hybridized carbons (Fsp3) is 0.167. The van der Waals surface area contributed by atoms with Gasteiger partial charge in [-0.2, -0.15) is 0 Å².